The topological polar surface area (TPSA) is 57.6 Å². The molecule has 3 fully saturated rings. The Kier molecular flexibility index (Phi) is 4.02. The van der Waals surface area contributed by atoms with Gasteiger partial charge in [-0.1, -0.05) is 13.8 Å². The van der Waals surface area contributed by atoms with Crippen LogP contribution in [0.5, 0.6) is 0 Å². The lowest BCUT2D eigenvalue weighted by atomic mass is 9.47. The number of halogens is 1. The molecular weight excluding hydrogens is 333 g/mol. The Balaban J connectivity index is 1.66. The Bertz CT molecular complexity index is 676. The maximum Gasteiger partial charge on any atom is 0.303 e. The van der Waals surface area contributed by atoms with Crippen LogP contribution in [0.1, 0.15) is 58.8 Å². The third kappa shape index (κ3) is 2.31. The summed E-state index contributed by atoms with van der Waals surface area (Å²) in [5.41, 5.74) is -0.205. The molecule has 3 aliphatic carbocycles. The fourth-order valence-electron chi connectivity index (χ4n) is 7.48. The summed E-state index contributed by atoms with van der Waals surface area (Å²) in [4.78, 5) is 25.0. The summed E-state index contributed by atoms with van der Waals surface area (Å²) in [7, 11) is 1.74. The lowest BCUT2D eigenvalue weighted by Crippen LogP contribution is -2.60. The normalized spacial score (nSPS) is 47.7. The molecule has 5 heteroatoms. The molecule has 144 valence electrons. The van der Waals surface area contributed by atoms with Crippen LogP contribution in [0.15, 0.2) is 11.9 Å². The summed E-state index contributed by atoms with van der Waals surface area (Å²) < 4.78 is 14.4. The van der Waals surface area contributed by atoms with Crippen LogP contribution in [0.25, 0.3) is 0 Å². The van der Waals surface area contributed by atoms with Gasteiger partial charge in [-0.3, -0.25) is 9.59 Å². The van der Waals surface area contributed by atoms with Gasteiger partial charge in [-0.2, -0.15) is 0 Å². The molecule has 0 unspecified atom stereocenters. The number of amides is 1. The molecule has 26 heavy (non-hydrogen) atoms. The van der Waals surface area contributed by atoms with Gasteiger partial charge in [0.05, 0.1) is 0 Å². The van der Waals surface area contributed by atoms with Crippen LogP contribution in [0.3, 0.4) is 0 Å². The third-order valence-corrected chi connectivity index (χ3v) is 8.77. The molecule has 1 aliphatic heterocycles. The number of hydrogen-bond donors (Lipinski definition) is 1. The largest absolute Gasteiger partial charge is 0.481 e. The zero-order valence-corrected chi connectivity index (χ0v) is 16.0. The number of carbonyl (C=O) groups excluding carboxylic acids is 1. The van der Waals surface area contributed by atoms with E-state index in [0.29, 0.717) is 17.8 Å². The molecule has 7 atom stereocenters. The van der Waals surface area contributed by atoms with Gasteiger partial charge in [0.25, 0.3) is 5.91 Å². The van der Waals surface area contributed by atoms with Crippen molar-refractivity contribution in [3.63, 3.8) is 0 Å². The molecule has 3 saturated carbocycles. The predicted octanol–water partition coefficient (Wildman–Crippen LogP) is 4.01. The van der Waals surface area contributed by atoms with Gasteiger partial charge in [0.15, 0.2) is 5.83 Å². The monoisotopic (exact) mass is 363 g/mol. The summed E-state index contributed by atoms with van der Waals surface area (Å²) in [5, 5.41) is 9.30. The van der Waals surface area contributed by atoms with Crippen LogP contribution in [0.2, 0.25) is 0 Å². The average molecular weight is 363 g/mol. The SMILES string of the molecule is CN1C(=O)C(F)=C[C@]2(C)[C@H]3CC[C@]4(C)[C@@H](CC(=O)O)CC[C@H]4[C@@H]3CC[C@@H]12. The summed E-state index contributed by atoms with van der Waals surface area (Å²) >= 11 is 0. The van der Waals surface area contributed by atoms with Gasteiger partial charge >= 0.3 is 5.97 Å². The van der Waals surface area contributed by atoms with Crippen LogP contribution < -0.4 is 0 Å². The minimum atomic E-state index is -0.688. The van der Waals surface area contributed by atoms with Crippen LogP contribution in [0.4, 0.5) is 4.39 Å². The number of fused-ring (bicyclic) bond motifs is 5. The smallest absolute Gasteiger partial charge is 0.303 e. The molecule has 0 bridgehead atoms. The number of nitrogens with zero attached hydrogens (tertiary/aromatic N) is 1. The molecule has 0 aromatic heterocycles. The Morgan fingerprint density at radius 2 is 1.96 bits per heavy atom. The second-order valence-corrected chi connectivity index (χ2v) is 9.66. The van der Waals surface area contributed by atoms with E-state index in [9.17, 15) is 19.1 Å². The van der Waals surface area contributed by atoms with E-state index in [4.69, 9.17) is 0 Å². The van der Waals surface area contributed by atoms with Crippen molar-refractivity contribution in [2.75, 3.05) is 7.05 Å². The van der Waals surface area contributed by atoms with Gasteiger partial charge in [0.1, 0.15) is 0 Å². The zero-order valence-electron chi connectivity index (χ0n) is 16.0. The standard InChI is InChI=1S/C21H30FNO3/c1-20-9-8-15-13(14(20)6-4-12(20)10-18(24)25)5-7-17-21(15,2)11-16(22)19(26)23(17)3/h11-15,17H,4-10H2,1-3H3,(H,24,25)/t12-,13+,14+,15+,17-,20-,21-/m1/s1. The van der Waals surface area contributed by atoms with E-state index in [1.807, 2.05) is 0 Å². The van der Waals surface area contributed by atoms with E-state index in [-0.39, 0.29) is 29.2 Å². The Morgan fingerprint density at radius 1 is 1.23 bits per heavy atom. The molecule has 1 heterocycles. The molecule has 4 nitrogen and oxygen atoms in total. The highest BCUT2D eigenvalue weighted by atomic mass is 19.1. The fourth-order valence-corrected chi connectivity index (χ4v) is 7.48. The van der Waals surface area contributed by atoms with Gasteiger partial charge in [0, 0.05) is 24.9 Å². The fraction of sp³-hybridized carbons (Fsp3) is 0.810. The number of carbonyl (C=O) groups is 2. The molecule has 4 rings (SSSR count). The Morgan fingerprint density at radius 3 is 2.65 bits per heavy atom. The van der Waals surface area contributed by atoms with Crippen molar-refractivity contribution in [3.05, 3.63) is 11.9 Å². The molecular formula is C21H30FNO3. The first-order valence-corrected chi connectivity index (χ1v) is 10.1. The van der Waals surface area contributed by atoms with E-state index in [2.05, 4.69) is 13.8 Å². The Labute approximate surface area is 154 Å². The van der Waals surface area contributed by atoms with Crippen molar-refractivity contribution < 1.29 is 19.1 Å². The van der Waals surface area contributed by atoms with E-state index in [0.717, 1.165) is 38.5 Å². The molecule has 0 radical (unpaired) electrons. The van der Waals surface area contributed by atoms with Gasteiger partial charge in [0.2, 0.25) is 0 Å². The quantitative estimate of drug-likeness (QED) is 0.806. The first-order chi connectivity index (χ1) is 12.2. The van der Waals surface area contributed by atoms with E-state index >= 15 is 0 Å². The van der Waals surface area contributed by atoms with Crippen molar-refractivity contribution >= 4 is 11.9 Å². The lowest BCUT2D eigenvalue weighted by Gasteiger charge is -2.60. The second-order valence-electron chi connectivity index (χ2n) is 9.66. The number of aliphatic carboxylic acids is 1. The molecule has 1 N–H and O–H groups in total. The van der Waals surface area contributed by atoms with Crippen molar-refractivity contribution in [1.82, 2.24) is 4.90 Å². The highest BCUT2D eigenvalue weighted by Gasteiger charge is 2.61. The molecule has 0 aromatic rings. The molecule has 4 aliphatic rings. The highest BCUT2D eigenvalue weighted by Crippen LogP contribution is 2.66. The molecule has 0 aromatic carbocycles. The predicted molar refractivity (Wildman–Crippen MR) is 95.9 cm³/mol. The first-order valence-electron chi connectivity index (χ1n) is 10.1. The van der Waals surface area contributed by atoms with E-state index in [1.165, 1.54) is 0 Å². The number of likely N-dealkylation sites (N-methyl/N-ethyl adjacent to an activating group) is 1. The minimum absolute atomic E-state index is 0.0799. The van der Waals surface area contributed by atoms with Crippen LogP contribution in [0, 0.1) is 34.5 Å². The first kappa shape index (κ1) is 18.0. The zero-order chi connectivity index (χ0) is 18.9. The minimum Gasteiger partial charge on any atom is -0.481 e. The summed E-state index contributed by atoms with van der Waals surface area (Å²) in [6, 6.07) is 0.0799. The van der Waals surface area contributed by atoms with Gasteiger partial charge in [-0.05, 0) is 73.7 Å². The Hall–Kier alpha value is -1.39. The number of carboxylic acids is 1. The number of hydrogen-bond acceptors (Lipinski definition) is 2. The van der Waals surface area contributed by atoms with Gasteiger partial charge in [-0.25, -0.2) is 4.39 Å². The van der Waals surface area contributed by atoms with Crippen LogP contribution in [-0.4, -0.2) is 35.0 Å². The summed E-state index contributed by atoms with van der Waals surface area (Å²) in [5.74, 6) is -0.0813. The van der Waals surface area contributed by atoms with Crippen molar-refractivity contribution in [2.45, 2.75) is 64.8 Å². The third-order valence-electron chi connectivity index (χ3n) is 8.77. The lowest BCUT2D eigenvalue weighted by molar-refractivity contribution is -0.144. The van der Waals surface area contributed by atoms with E-state index in [1.54, 1.807) is 18.0 Å². The molecule has 1 amide bonds. The molecule has 0 saturated heterocycles. The van der Waals surface area contributed by atoms with Gasteiger partial charge in [-0.15, -0.1) is 0 Å². The highest BCUT2D eigenvalue weighted by molar-refractivity contribution is 5.92. The maximum absolute atomic E-state index is 14.4. The number of rotatable bonds is 2. The summed E-state index contributed by atoms with van der Waals surface area (Å²) in [6.45, 7) is 4.44. The van der Waals surface area contributed by atoms with Crippen LogP contribution in [-0.2, 0) is 9.59 Å². The van der Waals surface area contributed by atoms with Gasteiger partial charge < -0.3 is 10.0 Å². The second kappa shape index (κ2) is 5.80. The maximum atomic E-state index is 14.4. The summed E-state index contributed by atoms with van der Waals surface area (Å²) in [6.07, 6.45) is 8.01. The average Bonchev–Trinajstić information content (AvgIpc) is 2.89. The molecule has 0 spiro atoms. The van der Waals surface area contributed by atoms with Crippen molar-refractivity contribution in [1.29, 1.82) is 0 Å². The number of carboxylic acid groups (broad SMARTS) is 1. The van der Waals surface area contributed by atoms with Crippen molar-refractivity contribution in [2.24, 2.45) is 34.5 Å². The van der Waals surface area contributed by atoms with Crippen LogP contribution >= 0.6 is 0 Å². The van der Waals surface area contributed by atoms with E-state index < -0.39 is 17.7 Å². The van der Waals surface area contributed by atoms with Crippen molar-refractivity contribution in [3.8, 4) is 0 Å².